The number of thiophene rings is 1. The molecule has 1 atom stereocenters. The third kappa shape index (κ3) is 6.12. The second kappa shape index (κ2) is 11.4. The Balaban J connectivity index is 1.32. The van der Waals surface area contributed by atoms with Gasteiger partial charge in [-0.3, -0.25) is 4.79 Å². The fourth-order valence-corrected chi connectivity index (χ4v) is 5.61. The smallest absolute Gasteiger partial charge is 0.165 e. The van der Waals surface area contributed by atoms with E-state index in [1.807, 2.05) is 29.6 Å². The standard InChI is InChI=1S/C25H30BrN3O3S/c1-31-20-10-12-29(14-20)11-4-2-3-5-22(30)21-13-28-25(27)23-17(16-33-24(21)23)15-32-19-8-6-18(26)7-9-19/h6-9,13,16,20H,2-5,10-12,14-15H2,1H3,(H2,27,28). The van der Waals surface area contributed by atoms with Crippen molar-refractivity contribution in [3.8, 4) is 5.75 Å². The Hall–Kier alpha value is -2.00. The lowest BCUT2D eigenvalue weighted by Gasteiger charge is -2.15. The Labute approximate surface area is 207 Å². The summed E-state index contributed by atoms with van der Waals surface area (Å²) >= 11 is 4.96. The highest BCUT2D eigenvalue weighted by Crippen LogP contribution is 2.34. The highest BCUT2D eigenvalue weighted by Gasteiger charge is 2.21. The van der Waals surface area contributed by atoms with Crippen molar-refractivity contribution in [2.45, 2.75) is 44.8 Å². The normalized spacial score (nSPS) is 16.5. The first kappa shape index (κ1) is 24.1. The molecule has 0 aliphatic carbocycles. The van der Waals surface area contributed by atoms with Gasteiger partial charge in [0.25, 0.3) is 0 Å². The number of unbranched alkanes of at least 4 members (excludes halogenated alkanes) is 2. The van der Waals surface area contributed by atoms with Gasteiger partial charge in [-0.2, -0.15) is 0 Å². The number of halogens is 1. The van der Waals surface area contributed by atoms with E-state index in [2.05, 4.69) is 25.8 Å². The zero-order valence-corrected chi connectivity index (χ0v) is 21.3. The molecule has 0 amide bonds. The number of Topliss-reactive ketones (excluding diaryl/α,β-unsaturated/α-hetero) is 1. The fourth-order valence-electron chi connectivity index (χ4n) is 4.25. The first-order chi connectivity index (χ1) is 16.0. The largest absolute Gasteiger partial charge is 0.489 e. The summed E-state index contributed by atoms with van der Waals surface area (Å²) in [7, 11) is 1.79. The first-order valence-corrected chi connectivity index (χ1v) is 13.0. The minimum Gasteiger partial charge on any atom is -0.489 e. The highest BCUT2D eigenvalue weighted by atomic mass is 79.9. The van der Waals surface area contributed by atoms with E-state index >= 15 is 0 Å². The van der Waals surface area contributed by atoms with Crippen LogP contribution in [-0.2, 0) is 11.3 Å². The quantitative estimate of drug-likeness (QED) is 0.253. The number of pyridine rings is 1. The van der Waals surface area contributed by atoms with Crippen molar-refractivity contribution in [2.75, 3.05) is 32.5 Å². The molecule has 0 spiro atoms. The molecule has 8 heteroatoms. The molecule has 1 aromatic carbocycles. The molecule has 0 saturated carbocycles. The number of ether oxygens (including phenoxy) is 2. The van der Waals surface area contributed by atoms with E-state index in [0.717, 1.165) is 71.2 Å². The summed E-state index contributed by atoms with van der Waals surface area (Å²) in [6, 6.07) is 7.70. The summed E-state index contributed by atoms with van der Waals surface area (Å²) in [5, 5.41) is 2.85. The summed E-state index contributed by atoms with van der Waals surface area (Å²) < 4.78 is 13.3. The number of rotatable bonds is 11. The van der Waals surface area contributed by atoms with E-state index in [-0.39, 0.29) is 5.78 Å². The summed E-state index contributed by atoms with van der Waals surface area (Å²) in [5.74, 6) is 1.36. The van der Waals surface area contributed by atoms with Gasteiger partial charge in [-0.05, 0) is 55.5 Å². The second-order valence-corrected chi connectivity index (χ2v) is 10.2. The van der Waals surface area contributed by atoms with Crippen molar-refractivity contribution in [2.24, 2.45) is 0 Å². The van der Waals surface area contributed by atoms with Crippen LogP contribution in [0.4, 0.5) is 5.82 Å². The van der Waals surface area contributed by atoms with E-state index in [1.54, 1.807) is 13.3 Å². The van der Waals surface area contributed by atoms with Gasteiger partial charge in [0, 0.05) is 48.2 Å². The van der Waals surface area contributed by atoms with E-state index in [0.29, 0.717) is 30.5 Å². The highest BCUT2D eigenvalue weighted by molar-refractivity contribution is 9.10. The first-order valence-electron chi connectivity index (χ1n) is 11.4. The van der Waals surface area contributed by atoms with Crippen molar-refractivity contribution in [3.05, 3.63) is 51.4 Å². The second-order valence-electron chi connectivity index (χ2n) is 8.45. The predicted octanol–water partition coefficient (Wildman–Crippen LogP) is 5.68. The zero-order chi connectivity index (χ0) is 23.2. The van der Waals surface area contributed by atoms with Crippen molar-refractivity contribution in [1.29, 1.82) is 0 Å². The van der Waals surface area contributed by atoms with Gasteiger partial charge in [0.05, 0.1) is 16.4 Å². The van der Waals surface area contributed by atoms with E-state index in [4.69, 9.17) is 15.2 Å². The molecular formula is C25H30BrN3O3S. The summed E-state index contributed by atoms with van der Waals surface area (Å²) in [5.41, 5.74) is 7.81. The lowest BCUT2D eigenvalue weighted by molar-refractivity contribution is 0.0980. The Morgan fingerprint density at radius 3 is 2.85 bits per heavy atom. The summed E-state index contributed by atoms with van der Waals surface area (Å²) in [4.78, 5) is 19.7. The van der Waals surface area contributed by atoms with E-state index in [9.17, 15) is 4.79 Å². The number of carbonyl (C=O) groups excluding carboxylic acids is 1. The predicted molar refractivity (Wildman–Crippen MR) is 137 cm³/mol. The molecule has 33 heavy (non-hydrogen) atoms. The maximum atomic E-state index is 13.0. The zero-order valence-electron chi connectivity index (χ0n) is 18.9. The molecule has 1 fully saturated rings. The molecule has 4 rings (SSSR count). The molecule has 176 valence electrons. The molecule has 2 aromatic heterocycles. The Morgan fingerprint density at radius 1 is 1.27 bits per heavy atom. The number of carbonyl (C=O) groups is 1. The average molecular weight is 533 g/mol. The maximum Gasteiger partial charge on any atom is 0.165 e. The molecule has 1 saturated heterocycles. The minimum absolute atomic E-state index is 0.135. The minimum atomic E-state index is 0.135. The number of methoxy groups -OCH3 is 1. The number of likely N-dealkylation sites (tertiary alicyclic amines) is 1. The van der Waals surface area contributed by atoms with Gasteiger partial charge >= 0.3 is 0 Å². The van der Waals surface area contributed by atoms with Crippen molar-refractivity contribution < 1.29 is 14.3 Å². The third-order valence-electron chi connectivity index (χ3n) is 6.15. The Bertz CT molecular complexity index is 1090. The summed E-state index contributed by atoms with van der Waals surface area (Å²) in [6.45, 7) is 3.59. The van der Waals surface area contributed by atoms with Crippen LogP contribution in [0.1, 0.15) is 48.0 Å². The van der Waals surface area contributed by atoms with Crippen molar-refractivity contribution in [3.63, 3.8) is 0 Å². The van der Waals surface area contributed by atoms with Gasteiger partial charge in [0.1, 0.15) is 18.2 Å². The van der Waals surface area contributed by atoms with Crippen molar-refractivity contribution >= 4 is 49.0 Å². The number of benzene rings is 1. The van der Waals surface area contributed by atoms with Crippen LogP contribution < -0.4 is 10.5 Å². The number of nitrogens with zero attached hydrogens (tertiary/aromatic N) is 2. The van der Waals surface area contributed by atoms with Gasteiger partial charge in [0.2, 0.25) is 0 Å². The number of aromatic nitrogens is 1. The van der Waals surface area contributed by atoms with E-state index < -0.39 is 0 Å². The molecular weight excluding hydrogens is 502 g/mol. The molecule has 3 heterocycles. The van der Waals surface area contributed by atoms with Crippen LogP contribution in [0.25, 0.3) is 10.1 Å². The SMILES string of the molecule is COC1CCN(CCCCCC(=O)c2cnc(N)c3c(COc4ccc(Br)cc4)csc23)C1. The maximum absolute atomic E-state index is 13.0. The monoisotopic (exact) mass is 531 g/mol. The van der Waals surface area contributed by atoms with E-state index in [1.165, 1.54) is 11.3 Å². The fraction of sp³-hybridized carbons (Fsp3) is 0.440. The number of ketones is 1. The number of anilines is 1. The van der Waals surface area contributed by atoms with Crippen LogP contribution >= 0.6 is 27.3 Å². The van der Waals surface area contributed by atoms with Crippen LogP contribution in [0.5, 0.6) is 5.75 Å². The Kier molecular flexibility index (Phi) is 8.35. The number of hydrogen-bond acceptors (Lipinski definition) is 7. The van der Waals surface area contributed by atoms with Crippen LogP contribution in [0.3, 0.4) is 0 Å². The molecule has 1 unspecified atom stereocenters. The lowest BCUT2D eigenvalue weighted by atomic mass is 10.0. The van der Waals surface area contributed by atoms with Gasteiger partial charge in [-0.25, -0.2) is 4.98 Å². The molecule has 0 bridgehead atoms. The molecule has 1 aliphatic heterocycles. The van der Waals surface area contributed by atoms with Gasteiger partial charge < -0.3 is 20.1 Å². The number of fused-ring (bicyclic) bond motifs is 1. The molecule has 3 aromatic rings. The number of hydrogen-bond donors (Lipinski definition) is 1. The average Bonchev–Trinajstić information content (AvgIpc) is 3.46. The number of nitrogen functional groups attached to an aromatic ring is 1. The number of nitrogens with two attached hydrogens (primary N) is 1. The van der Waals surface area contributed by atoms with Gasteiger partial charge in [0.15, 0.2) is 5.78 Å². The van der Waals surface area contributed by atoms with Crippen LogP contribution in [0.2, 0.25) is 0 Å². The van der Waals surface area contributed by atoms with Crippen LogP contribution in [-0.4, -0.2) is 48.5 Å². The molecule has 1 aliphatic rings. The van der Waals surface area contributed by atoms with Gasteiger partial charge in [-0.1, -0.05) is 22.4 Å². The topological polar surface area (TPSA) is 77.7 Å². The lowest BCUT2D eigenvalue weighted by Crippen LogP contribution is -2.23. The molecule has 2 N–H and O–H groups in total. The summed E-state index contributed by atoms with van der Waals surface area (Å²) in [6.07, 6.45) is 6.69. The third-order valence-corrected chi connectivity index (χ3v) is 7.74. The van der Waals surface area contributed by atoms with Crippen molar-refractivity contribution in [1.82, 2.24) is 9.88 Å². The van der Waals surface area contributed by atoms with Gasteiger partial charge in [-0.15, -0.1) is 11.3 Å². The Morgan fingerprint density at radius 2 is 2.09 bits per heavy atom. The van der Waals surface area contributed by atoms with Crippen LogP contribution in [0.15, 0.2) is 40.3 Å². The van der Waals surface area contributed by atoms with Crippen LogP contribution in [0, 0.1) is 0 Å². The molecule has 6 nitrogen and oxygen atoms in total. The molecule has 0 radical (unpaired) electrons.